The second kappa shape index (κ2) is 8.97. The molecule has 6 nitrogen and oxygen atoms in total. The number of rotatable bonds is 6. The molecule has 0 unspecified atom stereocenters. The number of amides is 2. The van der Waals surface area contributed by atoms with Crippen LogP contribution in [-0.4, -0.2) is 23.9 Å². The van der Waals surface area contributed by atoms with Crippen molar-refractivity contribution in [1.29, 1.82) is 0 Å². The maximum Gasteiger partial charge on any atom is 0.274 e. The van der Waals surface area contributed by atoms with E-state index < -0.39 is 11.8 Å². The Kier molecular flexibility index (Phi) is 6.19. The lowest BCUT2D eigenvalue weighted by molar-refractivity contribution is 0.0945. The van der Waals surface area contributed by atoms with Gasteiger partial charge in [-0.3, -0.25) is 9.59 Å². The van der Waals surface area contributed by atoms with Gasteiger partial charge in [-0.15, -0.1) is 0 Å². The summed E-state index contributed by atoms with van der Waals surface area (Å²) in [6, 6.07) is 15.9. The van der Waals surface area contributed by atoms with Gasteiger partial charge < -0.3 is 15.4 Å². The quantitative estimate of drug-likeness (QED) is 0.669. The molecular formula is C22H20FN3O3. The van der Waals surface area contributed by atoms with Gasteiger partial charge in [-0.2, -0.15) is 0 Å². The molecule has 1 aromatic heterocycles. The van der Waals surface area contributed by atoms with Gasteiger partial charge in [-0.1, -0.05) is 24.3 Å². The highest BCUT2D eigenvalue weighted by Crippen LogP contribution is 2.25. The molecule has 2 amide bonds. The standard InChI is InChI=1S/C22H20FN3O3/c1-14-6-11-20(29-2)19(12-14)26-22(28)18-5-3-4-17(25-18)21(27)24-13-15-7-9-16(23)10-8-15/h3-12H,13H2,1-2H3,(H,24,27)(H,26,28). The first kappa shape index (κ1) is 20.0. The fourth-order valence-corrected chi connectivity index (χ4v) is 2.67. The maximum atomic E-state index is 13.0. The number of anilines is 1. The van der Waals surface area contributed by atoms with Crippen LogP contribution in [0.4, 0.5) is 10.1 Å². The fraction of sp³-hybridized carbons (Fsp3) is 0.136. The van der Waals surface area contributed by atoms with E-state index in [1.54, 1.807) is 30.3 Å². The molecule has 29 heavy (non-hydrogen) atoms. The van der Waals surface area contributed by atoms with Gasteiger partial charge in [0, 0.05) is 6.54 Å². The van der Waals surface area contributed by atoms with E-state index in [2.05, 4.69) is 15.6 Å². The maximum absolute atomic E-state index is 13.0. The Balaban J connectivity index is 1.70. The van der Waals surface area contributed by atoms with Gasteiger partial charge in [-0.05, 0) is 54.4 Å². The number of carbonyl (C=O) groups is 2. The summed E-state index contributed by atoms with van der Waals surface area (Å²) < 4.78 is 18.2. The van der Waals surface area contributed by atoms with E-state index in [0.29, 0.717) is 11.4 Å². The first-order valence-corrected chi connectivity index (χ1v) is 8.92. The summed E-state index contributed by atoms with van der Waals surface area (Å²) in [6.45, 7) is 2.12. The summed E-state index contributed by atoms with van der Waals surface area (Å²) >= 11 is 0. The Morgan fingerprint density at radius 2 is 1.69 bits per heavy atom. The SMILES string of the molecule is COc1ccc(C)cc1NC(=O)c1cccc(C(=O)NCc2ccc(F)cc2)n1. The lowest BCUT2D eigenvalue weighted by atomic mass is 10.2. The van der Waals surface area contributed by atoms with Crippen LogP contribution in [0.5, 0.6) is 5.75 Å². The third kappa shape index (κ3) is 5.16. The van der Waals surface area contributed by atoms with Crippen molar-refractivity contribution >= 4 is 17.5 Å². The van der Waals surface area contributed by atoms with Crippen molar-refractivity contribution in [3.8, 4) is 5.75 Å². The smallest absolute Gasteiger partial charge is 0.274 e. The fourth-order valence-electron chi connectivity index (χ4n) is 2.67. The molecule has 0 bridgehead atoms. The zero-order valence-electron chi connectivity index (χ0n) is 16.0. The van der Waals surface area contributed by atoms with Gasteiger partial charge in [0.15, 0.2) is 0 Å². The first-order valence-electron chi connectivity index (χ1n) is 8.92. The largest absolute Gasteiger partial charge is 0.495 e. The number of hydrogen-bond donors (Lipinski definition) is 2. The summed E-state index contributed by atoms with van der Waals surface area (Å²) in [7, 11) is 1.52. The molecule has 0 fully saturated rings. The monoisotopic (exact) mass is 393 g/mol. The molecule has 148 valence electrons. The number of halogens is 1. The second-order valence-electron chi connectivity index (χ2n) is 6.38. The predicted octanol–water partition coefficient (Wildman–Crippen LogP) is 3.72. The molecule has 0 radical (unpaired) electrons. The van der Waals surface area contributed by atoms with Crippen molar-refractivity contribution in [2.75, 3.05) is 12.4 Å². The van der Waals surface area contributed by atoms with Crippen LogP contribution in [0.2, 0.25) is 0 Å². The average molecular weight is 393 g/mol. The van der Waals surface area contributed by atoms with Crippen LogP contribution in [0.3, 0.4) is 0 Å². The van der Waals surface area contributed by atoms with Gasteiger partial charge in [0.05, 0.1) is 12.8 Å². The lowest BCUT2D eigenvalue weighted by Crippen LogP contribution is -2.25. The molecule has 2 N–H and O–H groups in total. The number of nitrogens with zero attached hydrogens (tertiary/aromatic N) is 1. The minimum atomic E-state index is -0.456. The number of nitrogens with one attached hydrogen (secondary N) is 2. The molecule has 2 aromatic carbocycles. The summed E-state index contributed by atoms with van der Waals surface area (Å²) in [4.78, 5) is 29.1. The van der Waals surface area contributed by atoms with Crippen molar-refractivity contribution in [2.24, 2.45) is 0 Å². The number of carbonyl (C=O) groups excluding carboxylic acids is 2. The van der Waals surface area contributed by atoms with E-state index in [9.17, 15) is 14.0 Å². The van der Waals surface area contributed by atoms with Gasteiger partial charge in [0.25, 0.3) is 11.8 Å². The highest BCUT2D eigenvalue weighted by molar-refractivity contribution is 6.04. The molecule has 1 heterocycles. The molecule has 0 aliphatic rings. The third-order valence-electron chi connectivity index (χ3n) is 4.18. The highest BCUT2D eigenvalue weighted by atomic mass is 19.1. The van der Waals surface area contributed by atoms with E-state index in [1.807, 2.05) is 13.0 Å². The van der Waals surface area contributed by atoms with E-state index in [4.69, 9.17) is 4.74 Å². The Bertz CT molecular complexity index is 1040. The molecule has 0 spiro atoms. The van der Waals surface area contributed by atoms with Crippen LogP contribution in [0, 0.1) is 12.7 Å². The van der Waals surface area contributed by atoms with Crippen molar-refractivity contribution in [3.63, 3.8) is 0 Å². The minimum Gasteiger partial charge on any atom is -0.495 e. The number of aromatic nitrogens is 1. The lowest BCUT2D eigenvalue weighted by Gasteiger charge is -2.11. The zero-order valence-corrected chi connectivity index (χ0v) is 16.0. The number of pyridine rings is 1. The van der Waals surface area contributed by atoms with Gasteiger partial charge >= 0.3 is 0 Å². The van der Waals surface area contributed by atoms with Crippen LogP contribution in [0.25, 0.3) is 0 Å². The van der Waals surface area contributed by atoms with Crippen LogP contribution in [-0.2, 0) is 6.54 Å². The van der Waals surface area contributed by atoms with Crippen molar-refractivity contribution in [1.82, 2.24) is 10.3 Å². The first-order chi connectivity index (χ1) is 14.0. The van der Waals surface area contributed by atoms with E-state index in [1.165, 1.54) is 31.4 Å². The number of hydrogen-bond acceptors (Lipinski definition) is 4. The third-order valence-corrected chi connectivity index (χ3v) is 4.18. The molecular weight excluding hydrogens is 373 g/mol. The number of ether oxygens (including phenoxy) is 1. The molecule has 0 atom stereocenters. The molecule has 3 rings (SSSR count). The van der Waals surface area contributed by atoms with Crippen molar-refractivity contribution in [3.05, 3.63) is 89.0 Å². The molecule has 0 saturated heterocycles. The van der Waals surface area contributed by atoms with Crippen LogP contribution in [0.1, 0.15) is 32.1 Å². The Morgan fingerprint density at radius 1 is 1.00 bits per heavy atom. The molecule has 0 aliphatic carbocycles. The minimum absolute atomic E-state index is 0.1000. The van der Waals surface area contributed by atoms with E-state index in [-0.39, 0.29) is 23.7 Å². The zero-order chi connectivity index (χ0) is 20.8. The van der Waals surface area contributed by atoms with Gasteiger partial charge in [0.1, 0.15) is 23.0 Å². The molecule has 0 saturated carbocycles. The Morgan fingerprint density at radius 3 is 2.38 bits per heavy atom. The van der Waals surface area contributed by atoms with Gasteiger partial charge in [-0.25, -0.2) is 9.37 Å². The van der Waals surface area contributed by atoms with E-state index >= 15 is 0 Å². The van der Waals surface area contributed by atoms with Gasteiger partial charge in [0.2, 0.25) is 0 Å². The topological polar surface area (TPSA) is 80.3 Å². The van der Waals surface area contributed by atoms with Crippen LogP contribution >= 0.6 is 0 Å². The Hall–Kier alpha value is -3.74. The summed E-state index contributed by atoms with van der Waals surface area (Å²) in [5, 5.41) is 5.45. The molecule has 3 aromatic rings. The number of aryl methyl sites for hydroxylation is 1. The summed E-state index contributed by atoms with van der Waals surface area (Å²) in [6.07, 6.45) is 0. The number of benzene rings is 2. The number of methoxy groups -OCH3 is 1. The summed E-state index contributed by atoms with van der Waals surface area (Å²) in [5.41, 5.74) is 2.44. The molecule has 0 aliphatic heterocycles. The predicted molar refractivity (Wildman–Crippen MR) is 107 cm³/mol. The summed E-state index contributed by atoms with van der Waals surface area (Å²) in [5.74, 6) is -0.706. The van der Waals surface area contributed by atoms with Crippen LogP contribution < -0.4 is 15.4 Å². The Labute approximate surface area is 167 Å². The molecule has 7 heteroatoms. The second-order valence-corrected chi connectivity index (χ2v) is 6.38. The normalized spacial score (nSPS) is 10.3. The van der Waals surface area contributed by atoms with Crippen LogP contribution in [0.15, 0.2) is 60.7 Å². The van der Waals surface area contributed by atoms with E-state index in [0.717, 1.165) is 11.1 Å². The average Bonchev–Trinajstić information content (AvgIpc) is 2.73. The highest BCUT2D eigenvalue weighted by Gasteiger charge is 2.14. The van der Waals surface area contributed by atoms with Crippen molar-refractivity contribution < 1.29 is 18.7 Å². The van der Waals surface area contributed by atoms with Crippen molar-refractivity contribution in [2.45, 2.75) is 13.5 Å².